The first-order valence-corrected chi connectivity index (χ1v) is 4.22. The van der Waals surface area contributed by atoms with Gasteiger partial charge in [-0.25, -0.2) is 0 Å². The van der Waals surface area contributed by atoms with Crippen molar-refractivity contribution in [3.63, 3.8) is 0 Å². The number of rotatable bonds is 4. The lowest BCUT2D eigenvalue weighted by Crippen LogP contribution is -1.97. The van der Waals surface area contributed by atoms with Gasteiger partial charge in [0.15, 0.2) is 0 Å². The Bertz CT molecular complexity index is 258. The highest BCUT2D eigenvalue weighted by Crippen LogP contribution is 2.12. The van der Waals surface area contributed by atoms with Gasteiger partial charge in [-0.1, -0.05) is 18.7 Å². The Morgan fingerprint density at radius 3 is 3.00 bits per heavy atom. The Morgan fingerprint density at radius 1 is 1.50 bits per heavy atom. The zero-order valence-electron chi connectivity index (χ0n) is 6.72. The summed E-state index contributed by atoms with van der Waals surface area (Å²) in [5.41, 5.74) is 0.932. The van der Waals surface area contributed by atoms with Crippen molar-refractivity contribution in [2.45, 2.75) is 0 Å². The third-order valence-corrected chi connectivity index (χ3v) is 1.54. The van der Waals surface area contributed by atoms with Crippen molar-refractivity contribution >= 4 is 11.6 Å². The smallest absolute Gasteiger partial charge is 0.119 e. The lowest BCUT2D eigenvalue weighted by atomic mass is 10.2. The van der Waals surface area contributed by atoms with E-state index in [0.29, 0.717) is 12.5 Å². The van der Waals surface area contributed by atoms with Gasteiger partial charge in [0.25, 0.3) is 0 Å². The minimum absolute atomic E-state index is 0.502. The highest BCUT2D eigenvalue weighted by Gasteiger charge is 1.92. The van der Waals surface area contributed by atoms with E-state index >= 15 is 0 Å². The van der Waals surface area contributed by atoms with E-state index in [-0.39, 0.29) is 0 Å². The summed E-state index contributed by atoms with van der Waals surface area (Å²) in [6.45, 7) is 4.08. The third kappa shape index (κ3) is 2.59. The molecule has 0 amide bonds. The largest absolute Gasteiger partial charge is 0.492 e. The summed E-state index contributed by atoms with van der Waals surface area (Å²) in [6.07, 6.45) is 2.78. The molecule has 1 rings (SSSR count). The van der Waals surface area contributed by atoms with Crippen LogP contribution < -0.4 is 4.74 Å². The van der Waals surface area contributed by atoms with Crippen molar-refractivity contribution in [3.8, 4) is 5.75 Å². The molecule has 1 radical (unpaired) electrons. The van der Waals surface area contributed by atoms with Crippen LogP contribution in [0.3, 0.4) is 0 Å². The molecular formula is C10H10ClO. The molecule has 2 heteroatoms. The van der Waals surface area contributed by atoms with Crippen molar-refractivity contribution in [1.29, 1.82) is 0 Å². The molecule has 0 spiro atoms. The minimum Gasteiger partial charge on any atom is -0.492 e. The fourth-order valence-electron chi connectivity index (χ4n) is 0.852. The molecule has 1 aromatic rings. The molecule has 12 heavy (non-hydrogen) atoms. The van der Waals surface area contributed by atoms with E-state index in [4.69, 9.17) is 16.3 Å². The molecule has 0 saturated heterocycles. The van der Waals surface area contributed by atoms with Gasteiger partial charge in [-0.05, 0) is 23.8 Å². The summed E-state index contributed by atoms with van der Waals surface area (Å²) in [7, 11) is 0. The Labute approximate surface area is 77.6 Å². The van der Waals surface area contributed by atoms with E-state index < -0.39 is 0 Å². The molecule has 0 saturated carbocycles. The van der Waals surface area contributed by atoms with Gasteiger partial charge in [-0.3, -0.25) is 0 Å². The van der Waals surface area contributed by atoms with Crippen LogP contribution in [0.15, 0.2) is 30.8 Å². The van der Waals surface area contributed by atoms with Crippen molar-refractivity contribution in [1.82, 2.24) is 0 Å². The maximum absolute atomic E-state index is 5.47. The van der Waals surface area contributed by atoms with Crippen LogP contribution in [0.2, 0.25) is 0 Å². The summed E-state index contributed by atoms with van der Waals surface area (Å²) >= 11 is 5.47. The highest BCUT2D eigenvalue weighted by molar-refractivity contribution is 6.17. The van der Waals surface area contributed by atoms with Crippen LogP contribution in [0.5, 0.6) is 5.75 Å². The normalized spacial score (nSPS) is 9.42. The quantitative estimate of drug-likeness (QED) is 0.649. The van der Waals surface area contributed by atoms with Gasteiger partial charge in [-0.15, -0.1) is 11.6 Å². The molecule has 0 unspecified atom stereocenters. The summed E-state index contributed by atoms with van der Waals surface area (Å²) in [6, 6.07) is 7.57. The number of alkyl halides is 1. The summed E-state index contributed by atoms with van der Waals surface area (Å²) < 4.78 is 5.30. The number of benzene rings is 1. The minimum atomic E-state index is 0.502. The molecular weight excluding hydrogens is 172 g/mol. The molecule has 63 valence electrons. The summed E-state index contributed by atoms with van der Waals surface area (Å²) in [5, 5.41) is 0. The zero-order chi connectivity index (χ0) is 8.81. The second-order valence-electron chi connectivity index (χ2n) is 2.24. The van der Waals surface area contributed by atoms with Gasteiger partial charge in [0, 0.05) is 0 Å². The first-order chi connectivity index (χ1) is 5.86. The predicted molar refractivity (Wildman–Crippen MR) is 50.6 cm³/mol. The Balaban J connectivity index is 2.66. The molecule has 0 aromatic heterocycles. The molecule has 0 N–H and O–H groups in total. The average molecular weight is 182 g/mol. The van der Waals surface area contributed by atoms with Crippen LogP contribution in [-0.4, -0.2) is 12.5 Å². The lowest BCUT2D eigenvalue weighted by Gasteiger charge is -2.03. The molecule has 0 bridgehead atoms. The van der Waals surface area contributed by atoms with Crippen molar-refractivity contribution in [2.75, 3.05) is 12.5 Å². The van der Waals surface area contributed by atoms with Crippen LogP contribution >= 0.6 is 11.6 Å². The first-order valence-electron chi connectivity index (χ1n) is 3.68. The molecule has 0 heterocycles. The van der Waals surface area contributed by atoms with Gasteiger partial charge >= 0.3 is 0 Å². The SMILES string of the molecule is C=[C]c1cccc(OCCCl)c1. The van der Waals surface area contributed by atoms with Gasteiger partial charge in [0.1, 0.15) is 12.4 Å². The Kier molecular flexibility index (Phi) is 3.68. The number of ether oxygens (including phenoxy) is 1. The Hall–Kier alpha value is -0.950. The van der Waals surface area contributed by atoms with Crippen molar-refractivity contribution < 1.29 is 4.74 Å². The zero-order valence-corrected chi connectivity index (χ0v) is 7.47. The molecule has 0 aliphatic carbocycles. The van der Waals surface area contributed by atoms with Crippen LogP contribution in [0.4, 0.5) is 0 Å². The van der Waals surface area contributed by atoms with Gasteiger partial charge in [-0.2, -0.15) is 0 Å². The van der Waals surface area contributed by atoms with Crippen LogP contribution in [0.25, 0.3) is 0 Å². The fraction of sp³-hybridized carbons (Fsp3) is 0.200. The second-order valence-corrected chi connectivity index (χ2v) is 2.62. The summed E-state index contributed by atoms with van der Waals surface area (Å²) in [4.78, 5) is 0. The topological polar surface area (TPSA) is 9.23 Å². The maximum Gasteiger partial charge on any atom is 0.119 e. The monoisotopic (exact) mass is 181 g/mol. The van der Waals surface area contributed by atoms with Crippen molar-refractivity contribution in [3.05, 3.63) is 42.5 Å². The number of hydrogen-bond acceptors (Lipinski definition) is 1. The average Bonchev–Trinajstić information content (AvgIpc) is 2.15. The van der Waals surface area contributed by atoms with Gasteiger partial charge < -0.3 is 4.74 Å². The summed E-state index contributed by atoms with van der Waals surface area (Å²) in [5.74, 6) is 1.31. The maximum atomic E-state index is 5.47. The number of hydrogen-bond donors (Lipinski definition) is 0. The molecule has 0 aliphatic heterocycles. The molecule has 1 aromatic carbocycles. The Morgan fingerprint density at radius 2 is 2.33 bits per heavy atom. The molecule has 0 fully saturated rings. The second kappa shape index (κ2) is 4.83. The number of halogens is 1. The van der Waals surface area contributed by atoms with Crippen molar-refractivity contribution in [2.24, 2.45) is 0 Å². The van der Waals surface area contributed by atoms with Crippen LogP contribution in [-0.2, 0) is 0 Å². The highest BCUT2D eigenvalue weighted by atomic mass is 35.5. The van der Waals surface area contributed by atoms with E-state index in [9.17, 15) is 0 Å². The predicted octanol–water partition coefficient (Wildman–Crippen LogP) is 2.64. The van der Waals surface area contributed by atoms with Gasteiger partial charge in [0.2, 0.25) is 0 Å². The standard InChI is InChI=1S/C10H10ClO/c1-2-9-4-3-5-10(8-9)12-7-6-11/h3-5,8H,1,6-7H2. The van der Waals surface area contributed by atoms with E-state index in [1.807, 2.05) is 24.3 Å². The van der Waals surface area contributed by atoms with Crippen LogP contribution in [0, 0.1) is 6.08 Å². The fourth-order valence-corrected chi connectivity index (χ4v) is 0.929. The molecule has 0 atom stereocenters. The molecule has 0 aliphatic rings. The van der Waals surface area contributed by atoms with Crippen LogP contribution in [0.1, 0.15) is 5.56 Å². The van der Waals surface area contributed by atoms with E-state index in [2.05, 4.69) is 12.7 Å². The lowest BCUT2D eigenvalue weighted by molar-refractivity contribution is 0.342. The first kappa shape index (κ1) is 9.14. The molecule has 1 nitrogen and oxygen atoms in total. The van der Waals surface area contributed by atoms with E-state index in [0.717, 1.165) is 11.3 Å². The third-order valence-electron chi connectivity index (χ3n) is 1.38. The van der Waals surface area contributed by atoms with E-state index in [1.54, 1.807) is 0 Å². The van der Waals surface area contributed by atoms with Gasteiger partial charge in [0.05, 0.1) is 5.88 Å². The van der Waals surface area contributed by atoms with E-state index in [1.165, 1.54) is 0 Å².